The maximum atomic E-state index is 13.4. The van der Waals surface area contributed by atoms with Crippen molar-refractivity contribution in [3.05, 3.63) is 27.3 Å². The molecule has 1 N–H and O–H groups in total. The maximum absolute atomic E-state index is 13.4. The van der Waals surface area contributed by atoms with Gasteiger partial charge in [-0.25, -0.2) is 14.4 Å². The van der Waals surface area contributed by atoms with E-state index in [1.54, 1.807) is 27.7 Å². The fourth-order valence-corrected chi connectivity index (χ4v) is 3.89. The zero-order chi connectivity index (χ0) is 27.0. The number of piperidine rings is 1. The fraction of sp³-hybridized carbons (Fsp3) is 0.565. The van der Waals surface area contributed by atoms with Crippen LogP contribution >= 0.6 is 0 Å². The normalized spacial score (nSPS) is 13.1. The van der Waals surface area contributed by atoms with Crippen molar-refractivity contribution >= 4 is 29.8 Å². The molecule has 0 aliphatic carbocycles. The lowest BCUT2D eigenvalue weighted by Crippen LogP contribution is -2.37. The molecular formula is C23H32N4O9. The minimum atomic E-state index is -1.64. The van der Waals surface area contributed by atoms with Gasteiger partial charge in [-0.15, -0.1) is 0 Å². The minimum absolute atomic E-state index is 0.213. The molecular weight excluding hydrogens is 476 g/mol. The Bertz CT molecular complexity index is 1010. The topological polar surface area (TPSA) is 160 Å². The summed E-state index contributed by atoms with van der Waals surface area (Å²) in [5.74, 6) is -3.96. The number of nitro groups is 1. The summed E-state index contributed by atoms with van der Waals surface area (Å²) in [7, 11) is 0. The first kappa shape index (κ1) is 28.3. The molecule has 1 aliphatic heterocycles. The van der Waals surface area contributed by atoms with Crippen LogP contribution in [0.1, 0.15) is 67.7 Å². The maximum Gasteiger partial charge on any atom is 0.415 e. The SMILES string of the molecule is CCN(CC)C(=O)Oc1cc(C(=O)O)c(C(=O)N2CCCCC2)c([N+](=O)[O-])c1OC(=O)N(CC)CC. The molecule has 1 fully saturated rings. The fourth-order valence-electron chi connectivity index (χ4n) is 3.89. The molecule has 1 aromatic rings. The Labute approximate surface area is 208 Å². The second-order valence-electron chi connectivity index (χ2n) is 7.97. The van der Waals surface area contributed by atoms with Gasteiger partial charge in [0.2, 0.25) is 0 Å². The van der Waals surface area contributed by atoms with Crippen molar-refractivity contribution in [1.29, 1.82) is 0 Å². The third kappa shape index (κ3) is 6.20. The van der Waals surface area contributed by atoms with E-state index < -0.39 is 57.3 Å². The van der Waals surface area contributed by atoms with Gasteiger partial charge in [-0.05, 0) is 47.0 Å². The van der Waals surface area contributed by atoms with Crippen LogP contribution in [0.5, 0.6) is 11.5 Å². The number of ether oxygens (including phenoxy) is 2. The average molecular weight is 509 g/mol. The Morgan fingerprint density at radius 1 is 0.944 bits per heavy atom. The average Bonchev–Trinajstić information content (AvgIpc) is 2.85. The first-order valence-corrected chi connectivity index (χ1v) is 11.9. The van der Waals surface area contributed by atoms with Crippen molar-refractivity contribution in [3.63, 3.8) is 0 Å². The minimum Gasteiger partial charge on any atom is -0.478 e. The monoisotopic (exact) mass is 508 g/mol. The molecule has 198 valence electrons. The Hall–Kier alpha value is -3.90. The molecule has 0 bridgehead atoms. The third-order valence-corrected chi connectivity index (χ3v) is 5.92. The highest BCUT2D eigenvalue weighted by atomic mass is 16.6. The van der Waals surface area contributed by atoms with Crippen molar-refractivity contribution < 1.29 is 38.7 Å². The quantitative estimate of drug-likeness (QED) is 0.388. The predicted molar refractivity (Wildman–Crippen MR) is 128 cm³/mol. The molecule has 36 heavy (non-hydrogen) atoms. The number of likely N-dealkylation sites (tertiary alicyclic amines) is 1. The van der Waals surface area contributed by atoms with Crippen molar-refractivity contribution in [2.24, 2.45) is 0 Å². The molecule has 0 atom stereocenters. The predicted octanol–water partition coefficient (Wildman–Crippen LogP) is 3.60. The molecule has 0 spiro atoms. The van der Waals surface area contributed by atoms with Gasteiger partial charge in [-0.1, -0.05) is 0 Å². The summed E-state index contributed by atoms with van der Waals surface area (Å²) in [5.41, 5.74) is -2.52. The van der Waals surface area contributed by atoms with E-state index in [4.69, 9.17) is 9.47 Å². The van der Waals surface area contributed by atoms with E-state index in [9.17, 15) is 34.4 Å². The number of carbonyl (C=O) groups is 4. The number of aromatic carboxylic acids is 1. The van der Waals surface area contributed by atoms with Gasteiger partial charge in [0.25, 0.3) is 11.7 Å². The largest absolute Gasteiger partial charge is 0.478 e. The molecule has 1 heterocycles. The van der Waals surface area contributed by atoms with Gasteiger partial charge < -0.3 is 29.3 Å². The number of benzene rings is 1. The third-order valence-electron chi connectivity index (χ3n) is 5.92. The summed E-state index contributed by atoms with van der Waals surface area (Å²) in [4.78, 5) is 66.0. The Kier molecular flexibility index (Phi) is 10.00. The number of rotatable bonds is 9. The molecule has 0 radical (unpaired) electrons. The van der Waals surface area contributed by atoms with E-state index in [1.165, 1.54) is 14.7 Å². The molecule has 1 aliphatic rings. The van der Waals surface area contributed by atoms with Crippen molar-refractivity contribution in [3.8, 4) is 11.5 Å². The first-order valence-electron chi connectivity index (χ1n) is 11.9. The van der Waals surface area contributed by atoms with Gasteiger partial charge in [0.15, 0.2) is 5.75 Å². The highest BCUT2D eigenvalue weighted by Crippen LogP contribution is 2.43. The van der Waals surface area contributed by atoms with Crippen LogP contribution < -0.4 is 9.47 Å². The molecule has 1 aromatic carbocycles. The standard InChI is InChI=1S/C23H32N4O9/c1-5-24(6-2)22(31)35-16-14-15(21(29)30)17(20(28)26-12-10-9-11-13-26)18(27(33)34)19(16)36-23(32)25(7-3)8-4/h14H,5-13H2,1-4H3,(H,29,30). The van der Waals surface area contributed by atoms with Crippen molar-refractivity contribution in [2.45, 2.75) is 47.0 Å². The summed E-state index contributed by atoms with van der Waals surface area (Å²) in [6.45, 7) is 8.18. The van der Waals surface area contributed by atoms with Crippen LogP contribution in [0, 0.1) is 10.1 Å². The molecule has 2 rings (SSSR count). The van der Waals surface area contributed by atoms with Crippen LogP contribution in [-0.4, -0.2) is 88.1 Å². The molecule has 0 saturated carbocycles. The molecule has 1 saturated heterocycles. The molecule has 0 aromatic heterocycles. The molecule has 0 unspecified atom stereocenters. The summed E-state index contributed by atoms with van der Waals surface area (Å²) < 4.78 is 10.6. The van der Waals surface area contributed by atoms with E-state index in [0.717, 1.165) is 12.5 Å². The Morgan fingerprint density at radius 3 is 1.89 bits per heavy atom. The van der Waals surface area contributed by atoms with E-state index in [-0.39, 0.29) is 26.2 Å². The zero-order valence-electron chi connectivity index (χ0n) is 20.9. The highest BCUT2D eigenvalue weighted by molar-refractivity contribution is 6.09. The van der Waals surface area contributed by atoms with E-state index in [2.05, 4.69) is 0 Å². The van der Waals surface area contributed by atoms with Crippen LogP contribution in [0.3, 0.4) is 0 Å². The molecule has 3 amide bonds. The molecule has 13 nitrogen and oxygen atoms in total. The second-order valence-corrected chi connectivity index (χ2v) is 7.97. The van der Waals surface area contributed by atoms with E-state index >= 15 is 0 Å². The van der Waals surface area contributed by atoms with E-state index in [0.29, 0.717) is 25.9 Å². The number of carboxylic acids is 1. The number of carboxylic acid groups (broad SMARTS) is 1. The second kappa shape index (κ2) is 12.7. The number of hydrogen-bond donors (Lipinski definition) is 1. The summed E-state index contributed by atoms with van der Waals surface area (Å²) in [6, 6.07) is 0.818. The van der Waals surface area contributed by atoms with Crippen LogP contribution in [-0.2, 0) is 0 Å². The lowest BCUT2D eigenvalue weighted by atomic mass is 10.0. The number of nitrogens with zero attached hydrogens (tertiary/aromatic N) is 4. The number of amides is 3. The molecule has 13 heteroatoms. The number of hydrogen-bond acceptors (Lipinski definition) is 8. The van der Waals surface area contributed by atoms with Crippen LogP contribution in [0.2, 0.25) is 0 Å². The van der Waals surface area contributed by atoms with Gasteiger partial charge in [0.1, 0.15) is 5.56 Å². The van der Waals surface area contributed by atoms with Gasteiger partial charge in [0.05, 0.1) is 10.5 Å². The smallest absolute Gasteiger partial charge is 0.415 e. The van der Waals surface area contributed by atoms with Crippen molar-refractivity contribution in [2.75, 3.05) is 39.3 Å². The van der Waals surface area contributed by atoms with E-state index in [1.807, 2.05) is 0 Å². The number of nitro benzene ring substituents is 1. The van der Waals surface area contributed by atoms with Crippen LogP contribution in [0.15, 0.2) is 6.07 Å². The number of carbonyl (C=O) groups excluding carboxylic acids is 3. The van der Waals surface area contributed by atoms with Crippen LogP contribution in [0.4, 0.5) is 15.3 Å². The summed E-state index contributed by atoms with van der Waals surface area (Å²) >= 11 is 0. The lowest BCUT2D eigenvalue weighted by molar-refractivity contribution is -0.386. The van der Waals surface area contributed by atoms with Gasteiger partial charge in [-0.3, -0.25) is 14.9 Å². The first-order chi connectivity index (χ1) is 17.1. The van der Waals surface area contributed by atoms with Crippen molar-refractivity contribution in [1.82, 2.24) is 14.7 Å². The zero-order valence-corrected chi connectivity index (χ0v) is 20.9. The lowest BCUT2D eigenvalue weighted by Gasteiger charge is -2.27. The Balaban J connectivity index is 2.81. The highest BCUT2D eigenvalue weighted by Gasteiger charge is 2.39. The van der Waals surface area contributed by atoms with Crippen LogP contribution in [0.25, 0.3) is 0 Å². The van der Waals surface area contributed by atoms with Gasteiger partial charge in [0, 0.05) is 45.3 Å². The van der Waals surface area contributed by atoms with Gasteiger partial charge >= 0.3 is 23.8 Å². The van der Waals surface area contributed by atoms with Gasteiger partial charge in [-0.2, -0.15) is 0 Å². The Morgan fingerprint density at radius 2 is 1.44 bits per heavy atom. The summed E-state index contributed by atoms with van der Waals surface area (Å²) in [6.07, 6.45) is 0.268. The summed E-state index contributed by atoms with van der Waals surface area (Å²) in [5, 5.41) is 22.1.